The summed E-state index contributed by atoms with van der Waals surface area (Å²) in [4.78, 5) is 28.1. The quantitative estimate of drug-likeness (QED) is 0.384. The van der Waals surface area contributed by atoms with Gasteiger partial charge in [-0.15, -0.1) is 0 Å². The zero-order chi connectivity index (χ0) is 27.9. The summed E-state index contributed by atoms with van der Waals surface area (Å²) in [5.41, 5.74) is 4.57. The molecule has 10 heteroatoms. The van der Waals surface area contributed by atoms with E-state index in [1.807, 2.05) is 41.3 Å². The Morgan fingerprint density at radius 3 is 2.52 bits per heavy atom. The number of hydrogen-bond acceptors (Lipinski definition) is 7. The molecule has 6 rings (SSSR count). The lowest BCUT2D eigenvalue weighted by molar-refractivity contribution is -0.0552. The van der Waals surface area contributed by atoms with E-state index in [0.717, 1.165) is 27.3 Å². The number of fused-ring (bicyclic) bond motifs is 6. The standard InChI is InChI=1S/C30H33F2N5O2S/c1-19-5-3-6-20(2)27(19)25-16-26-34-29(33-25)35-40-24-8-4-7-21(15-24)28(38)37-14-13-36(17-23(18-37)39-26)22-9-11-30(31,32)12-10-22/h3-8,15-16,22-23H,9-14,17-18H2,1-2H3,(H,33,34,35). The molecule has 3 aromatic rings. The second-order valence-corrected chi connectivity index (χ2v) is 11.9. The van der Waals surface area contributed by atoms with Crippen molar-refractivity contribution in [1.29, 1.82) is 0 Å². The molecule has 40 heavy (non-hydrogen) atoms. The third kappa shape index (κ3) is 5.78. The van der Waals surface area contributed by atoms with Crippen LogP contribution in [-0.2, 0) is 0 Å². The van der Waals surface area contributed by atoms with Crippen LogP contribution < -0.4 is 9.46 Å². The van der Waals surface area contributed by atoms with Gasteiger partial charge in [-0.2, -0.15) is 4.98 Å². The molecule has 6 bridgehead atoms. The maximum atomic E-state index is 13.9. The summed E-state index contributed by atoms with van der Waals surface area (Å²) in [6.45, 7) is 6.13. The van der Waals surface area contributed by atoms with Crippen LogP contribution in [-0.4, -0.2) is 69.9 Å². The molecule has 7 nitrogen and oxygen atoms in total. The number of nitrogens with one attached hydrogen (secondary N) is 1. The number of halogens is 2. The maximum absolute atomic E-state index is 13.9. The fourth-order valence-corrected chi connectivity index (χ4v) is 6.64. The number of anilines is 1. The first-order chi connectivity index (χ1) is 19.2. The van der Waals surface area contributed by atoms with E-state index in [4.69, 9.17) is 9.72 Å². The van der Waals surface area contributed by atoms with Crippen LogP contribution in [0.15, 0.2) is 53.4 Å². The lowest BCUT2D eigenvalue weighted by Gasteiger charge is -2.37. The van der Waals surface area contributed by atoms with Gasteiger partial charge in [0.2, 0.25) is 17.8 Å². The first kappa shape index (κ1) is 27.0. The number of nitrogens with zero attached hydrogens (tertiary/aromatic N) is 4. The molecule has 1 atom stereocenters. The molecule has 1 saturated carbocycles. The molecule has 0 radical (unpaired) electrons. The summed E-state index contributed by atoms with van der Waals surface area (Å²) >= 11 is 1.35. The van der Waals surface area contributed by atoms with Crippen molar-refractivity contribution in [3.63, 3.8) is 0 Å². The Hall–Kier alpha value is -3.24. The Kier molecular flexibility index (Phi) is 7.39. The first-order valence-corrected chi connectivity index (χ1v) is 14.6. The molecule has 0 spiro atoms. The first-order valence-electron chi connectivity index (χ1n) is 13.8. The number of aryl methyl sites for hydroxylation is 2. The number of ether oxygens (including phenoxy) is 1. The zero-order valence-corrected chi connectivity index (χ0v) is 23.5. The highest BCUT2D eigenvalue weighted by molar-refractivity contribution is 8.00. The number of benzene rings is 2. The number of alkyl halides is 2. The molecule has 2 aliphatic heterocycles. The highest BCUT2D eigenvalue weighted by atomic mass is 32.2. The van der Waals surface area contributed by atoms with E-state index in [1.54, 1.807) is 0 Å². The molecule has 1 amide bonds. The summed E-state index contributed by atoms with van der Waals surface area (Å²) in [5, 5.41) is 0. The van der Waals surface area contributed by atoms with Crippen molar-refractivity contribution in [2.45, 2.75) is 62.5 Å². The van der Waals surface area contributed by atoms with Crippen LogP contribution in [0, 0.1) is 13.8 Å². The monoisotopic (exact) mass is 565 g/mol. The van der Waals surface area contributed by atoms with Crippen molar-refractivity contribution in [3.8, 4) is 17.1 Å². The van der Waals surface area contributed by atoms with E-state index in [-0.39, 0.29) is 30.9 Å². The molecule has 1 aliphatic carbocycles. The molecule has 1 saturated heterocycles. The van der Waals surface area contributed by atoms with Gasteiger partial charge in [0.25, 0.3) is 5.91 Å². The molecule has 1 unspecified atom stereocenters. The molecule has 1 aromatic heterocycles. The van der Waals surface area contributed by atoms with Crippen molar-refractivity contribution >= 4 is 23.8 Å². The summed E-state index contributed by atoms with van der Waals surface area (Å²) in [7, 11) is 0. The van der Waals surface area contributed by atoms with Gasteiger partial charge in [-0.3, -0.25) is 14.4 Å². The van der Waals surface area contributed by atoms with Crippen LogP contribution in [0.5, 0.6) is 5.88 Å². The molecular weight excluding hydrogens is 532 g/mol. The van der Waals surface area contributed by atoms with Gasteiger partial charge in [0, 0.05) is 60.6 Å². The fourth-order valence-electron chi connectivity index (χ4n) is 6.01. The van der Waals surface area contributed by atoms with Crippen molar-refractivity contribution < 1.29 is 18.3 Å². The normalized spacial score (nSPS) is 21.8. The van der Waals surface area contributed by atoms with Gasteiger partial charge in [0.05, 0.1) is 12.2 Å². The third-order valence-electron chi connectivity index (χ3n) is 8.08. The predicted molar refractivity (Wildman–Crippen MR) is 152 cm³/mol. The second kappa shape index (κ2) is 11.0. The van der Waals surface area contributed by atoms with E-state index < -0.39 is 5.92 Å². The van der Waals surface area contributed by atoms with Crippen molar-refractivity contribution in [2.24, 2.45) is 0 Å². The second-order valence-electron chi connectivity index (χ2n) is 11.0. The van der Waals surface area contributed by atoms with E-state index in [9.17, 15) is 13.6 Å². The van der Waals surface area contributed by atoms with Crippen molar-refractivity contribution in [1.82, 2.24) is 19.8 Å². The van der Waals surface area contributed by atoms with Crippen LogP contribution in [0.25, 0.3) is 11.3 Å². The molecular formula is C30H33F2N5O2S. The summed E-state index contributed by atoms with van der Waals surface area (Å²) in [5.74, 6) is -1.84. The van der Waals surface area contributed by atoms with Gasteiger partial charge >= 0.3 is 0 Å². The maximum Gasteiger partial charge on any atom is 0.254 e. The van der Waals surface area contributed by atoms with Crippen molar-refractivity contribution in [3.05, 3.63) is 65.2 Å². The highest BCUT2D eigenvalue weighted by Crippen LogP contribution is 2.36. The van der Waals surface area contributed by atoms with Crippen LogP contribution in [0.2, 0.25) is 0 Å². The van der Waals surface area contributed by atoms with E-state index in [0.29, 0.717) is 56.4 Å². The minimum atomic E-state index is -2.59. The van der Waals surface area contributed by atoms with Gasteiger partial charge in [-0.25, -0.2) is 13.8 Å². The average molecular weight is 566 g/mol. The number of carbonyl (C=O) groups excluding carboxylic acids is 1. The molecule has 210 valence electrons. The predicted octanol–water partition coefficient (Wildman–Crippen LogP) is 5.98. The summed E-state index contributed by atoms with van der Waals surface area (Å²) < 4.78 is 37.7. The van der Waals surface area contributed by atoms with Gasteiger partial charge in [-0.05, 0) is 68.0 Å². The Labute approximate surface area is 237 Å². The number of hydrogen-bond donors (Lipinski definition) is 1. The van der Waals surface area contributed by atoms with E-state index in [1.165, 1.54) is 11.9 Å². The summed E-state index contributed by atoms with van der Waals surface area (Å²) in [6.07, 6.45) is 0.273. The van der Waals surface area contributed by atoms with Gasteiger partial charge in [0.15, 0.2) is 0 Å². The Morgan fingerprint density at radius 2 is 1.75 bits per heavy atom. The van der Waals surface area contributed by atoms with Crippen LogP contribution in [0.3, 0.4) is 0 Å². The van der Waals surface area contributed by atoms with Gasteiger partial charge in [0.1, 0.15) is 6.10 Å². The number of aromatic nitrogens is 2. The Morgan fingerprint density at radius 1 is 1.00 bits per heavy atom. The lowest BCUT2D eigenvalue weighted by Crippen LogP contribution is -2.45. The summed E-state index contributed by atoms with van der Waals surface area (Å²) in [6, 6.07) is 15.5. The molecule has 1 N–H and O–H groups in total. The van der Waals surface area contributed by atoms with Crippen LogP contribution >= 0.6 is 11.9 Å². The number of amides is 1. The van der Waals surface area contributed by atoms with Crippen molar-refractivity contribution in [2.75, 3.05) is 30.9 Å². The highest BCUT2D eigenvalue weighted by Gasteiger charge is 2.39. The Balaban J connectivity index is 1.38. The Bertz CT molecular complexity index is 1390. The average Bonchev–Trinajstić information content (AvgIpc) is 3.13. The minimum absolute atomic E-state index is 0.0344. The fraction of sp³-hybridized carbons (Fsp3) is 0.433. The number of carbonyl (C=O) groups is 1. The molecule has 2 fully saturated rings. The zero-order valence-electron chi connectivity index (χ0n) is 22.7. The lowest BCUT2D eigenvalue weighted by atomic mass is 9.91. The topological polar surface area (TPSA) is 70.6 Å². The third-order valence-corrected chi connectivity index (χ3v) is 8.85. The SMILES string of the molecule is Cc1cccc(C)c1-c1cc2nc(n1)NSc1cccc(c1)C(=O)N1CCN(C3CCC(F)(F)CC3)CC(C1)O2. The van der Waals surface area contributed by atoms with E-state index >= 15 is 0 Å². The van der Waals surface area contributed by atoms with Crippen LogP contribution in [0.4, 0.5) is 14.7 Å². The molecule has 3 heterocycles. The largest absolute Gasteiger partial charge is 0.471 e. The van der Waals surface area contributed by atoms with Gasteiger partial charge < -0.3 is 9.64 Å². The van der Waals surface area contributed by atoms with Gasteiger partial charge in [-0.1, -0.05) is 24.3 Å². The smallest absolute Gasteiger partial charge is 0.254 e. The molecule has 3 aliphatic rings. The molecule has 2 aromatic carbocycles. The van der Waals surface area contributed by atoms with Crippen LogP contribution in [0.1, 0.15) is 47.2 Å². The number of rotatable bonds is 2. The van der Waals surface area contributed by atoms with E-state index in [2.05, 4.69) is 40.6 Å². The minimum Gasteiger partial charge on any atom is -0.471 e.